The van der Waals surface area contributed by atoms with Gasteiger partial charge in [0.2, 0.25) is 5.88 Å². The number of rotatable bonds is 5. The number of hydrogen-bond acceptors (Lipinski definition) is 5. The molecule has 2 aliphatic rings. The number of pyridine rings is 2. The smallest absolute Gasteiger partial charge is 0.221 e. The summed E-state index contributed by atoms with van der Waals surface area (Å²) >= 11 is 0. The molecule has 1 aliphatic carbocycles. The average Bonchev–Trinajstić information content (AvgIpc) is 3.45. The van der Waals surface area contributed by atoms with Gasteiger partial charge in [-0.1, -0.05) is 107 Å². The predicted molar refractivity (Wildman–Crippen MR) is 200 cm³/mol. The minimum Gasteiger partial charge on any atom is -0.439 e. The third kappa shape index (κ3) is 4.90. The number of benzene rings is 4. The first kappa shape index (κ1) is 30.9. The SMILES string of the molecule is CN1CN(c2ccnc(Oc3cccc(C4(c5cc(C(C)(C)C)ccn5)c5ccccc5C(C)(C)c5ccccc54)c3)c2)c2ccccc21. The number of fused-ring (bicyclic) bond motifs is 3. The fourth-order valence-corrected chi connectivity index (χ4v) is 7.97. The highest BCUT2D eigenvalue weighted by Crippen LogP contribution is 2.56. The van der Waals surface area contributed by atoms with Crippen LogP contribution >= 0.6 is 0 Å². The number of para-hydroxylation sites is 2. The van der Waals surface area contributed by atoms with Gasteiger partial charge in [-0.3, -0.25) is 4.98 Å². The van der Waals surface area contributed by atoms with E-state index in [1.54, 1.807) is 0 Å². The number of ether oxygens (including phenoxy) is 1. The fourth-order valence-electron chi connectivity index (χ4n) is 7.97. The van der Waals surface area contributed by atoms with Gasteiger partial charge in [0.25, 0.3) is 0 Å². The number of aromatic nitrogens is 2. The van der Waals surface area contributed by atoms with E-state index >= 15 is 0 Å². The molecule has 0 saturated heterocycles. The highest BCUT2D eigenvalue weighted by Gasteiger charge is 2.50. The van der Waals surface area contributed by atoms with Gasteiger partial charge >= 0.3 is 0 Å². The highest BCUT2D eigenvalue weighted by atomic mass is 16.5. The second-order valence-electron chi connectivity index (χ2n) is 14.9. The lowest BCUT2D eigenvalue weighted by molar-refractivity contribution is 0.461. The van der Waals surface area contributed by atoms with Crippen molar-refractivity contribution in [3.8, 4) is 11.6 Å². The van der Waals surface area contributed by atoms with E-state index in [0.29, 0.717) is 5.88 Å². The van der Waals surface area contributed by atoms with Crippen LogP contribution in [0.25, 0.3) is 0 Å². The van der Waals surface area contributed by atoms with Gasteiger partial charge in [-0.25, -0.2) is 4.98 Å². The molecule has 0 amide bonds. The monoisotopic (exact) mass is 642 g/mol. The second kappa shape index (κ2) is 11.3. The van der Waals surface area contributed by atoms with Gasteiger partial charge in [-0.05, 0) is 81.3 Å². The summed E-state index contributed by atoms with van der Waals surface area (Å²) in [6.07, 6.45) is 3.81. The van der Waals surface area contributed by atoms with E-state index in [1.165, 1.54) is 39.2 Å². The lowest BCUT2D eigenvalue weighted by Gasteiger charge is -2.47. The molecule has 3 heterocycles. The second-order valence-corrected chi connectivity index (χ2v) is 14.9. The van der Waals surface area contributed by atoms with Gasteiger partial charge in [0.15, 0.2) is 0 Å². The number of anilines is 3. The first-order chi connectivity index (χ1) is 23.6. The summed E-state index contributed by atoms with van der Waals surface area (Å²) in [6, 6.07) is 43.4. The molecule has 2 aromatic heterocycles. The van der Waals surface area contributed by atoms with Crippen molar-refractivity contribution >= 4 is 17.1 Å². The molecule has 1 aliphatic heterocycles. The first-order valence-corrected chi connectivity index (χ1v) is 17.1. The molecule has 0 N–H and O–H groups in total. The van der Waals surface area contributed by atoms with Crippen LogP contribution in [-0.2, 0) is 16.2 Å². The van der Waals surface area contributed by atoms with Gasteiger partial charge in [-0.2, -0.15) is 0 Å². The minimum absolute atomic E-state index is 0.0435. The van der Waals surface area contributed by atoms with Crippen LogP contribution in [-0.4, -0.2) is 23.7 Å². The Labute approximate surface area is 289 Å². The molecular weight excluding hydrogens is 601 g/mol. The van der Waals surface area contributed by atoms with Gasteiger partial charge in [0.1, 0.15) is 5.75 Å². The van der Waals surface area contributed by atoms with E-state index in [2.05, 4.69) is 160 Å². The van der Waals surface area contributed by atoms with Crippen LogP contribution in [0.5, 0.6) is 11.6 Å². The normalized spacial score (nSPS) is 15.7. The summed E-state index contributed by atoms with van der Waals surface area (Å²) in [6.45, 7) is 12.2. The van der Waals surface area contributed by atoms with Crippen molar-refractivity contribution in [1.82, 2.24) is 9.97 Å². The zero-order valence-corrected chi connectivity index (χ0v) is 29.1. The summed E-state index contributed by atoms with van der Waals surface area (Å²) < 4.78 is 6.63. The van der Waals surface area contributed by atoms with Crippen molar-refractivity contribution < 1.29 is 4.74 Å². The van der Waals surface area contributed by atoms with Crippen LogP contribution in [0.2, 0.25) is 0 Å². The molecule has 49 heavy (non-hydrogen) atoms. The predicted octanol–water partition coefficient (Wildman–Crippen LogP) is 10.1. The Bertz CT molecular complexity index is 2150. The Morgan fingerprint density at radius 2 is 1.29 bits per heavy atom. The van der Waals surface area contributed by atoms with Crippen LogP contribution in [0.15, 0.2) is 134 Å². The van der Waals surface area contributed by atoms with Gasteiger partial charge in [0, 0.05) is 36.6 Å². The molecule has 5 nitrogen and oxygen atoms in total. The highest BCUT2D eigenvalue weighted by molar-refractivity contribution is 5.82. The maximum atomic E-state index is 6.63. The molecule has 5 heteroatoms. The summed E-state index contributed by atoms with van der Waals surface area (Å²) in [4.78, 5) is 14.4. The number of hydrogen-bond donors (Lipinski definition) is 0. The molecule has 0 bridgehead atoms. The van der Waals surface area contributed by atoms with E-state index in [-0.39, 0.29) is 10.8 Å². The largest absolute Gasteiger partial charge is 0.439 e. The van der Waals surface area contributed by atoms with Crippen molar-refractivity contribution in [2.45, 2.75) is 50.9 Å². The standard InChI is InChI=1S/C44H42N4O/c1-42(2,3)30-22-24-45-40(27-30)44(36-18-9-7-16-34(36)43(4,5)35-17-8-10-19-37(35)44)31-14-13-15-33(26-31)49-41-28-32(23-25-46-41)48-29-47(6)38-20-11-12-21-39(38)48/h7-28H,29H2,1-6H3. The Hall–Kier alpha value is -5.42. The summed E-state index contributed by atoms with van der Waals surface area (Å²) in [5, 5.41) is 0. The molecule has 0 radical (unpaired) electrons. The maximum absolute atomic E-state index is 6.63. The van der Waals surface area contributed by atoms with Crippen LogP contribution in [0.4, 0.5) is 17.1 Å². The molecule has 0 fully saturated rings. The van der Waals surface area contributed by atoms with E-state index < -0.39 is 5.41 Å². The topological polar surface area (TPSA) is 41.5 Å². The Morgan fingerprint density at radius 3 is 1.98 bits per heavy atom. The fraction of sp³-hybridized carbons (Fsp3) is 0.227. The van der Waals surface area contributed by atoms with Crippen LogP contribution in [0.3, 0.4) is 0 Å². The summed E-state index contributed by atoms with van der Waals surface area (Å²) in [7, 11) is 2.12. The lowest BCUT2D eigenvalue weighted by atomic mass is 9.55. The van der Waals surface area contributed by atoms with E-state index in [4.69, 9.17) is 9.72 Å². The maximum Gasteiger partial charge on any atom is 0.221 e. The third-order valence-electron chi connectivity index (χ3n) is 10.5. The molecule has 8 rings (SSSR count). The van der Waals surface area contributed by atoms with Crippen molar-refractivity contribution in [1.29, 1.82) is 0 Å². The zero-order valence-electron chi connectivity index (χ0n) is 29.1. The van der Waals surface area contributed by atoms with E-state index in [9.17, 15) is 0 Å². The minimum atomic E-state index is -0.678. The van der Waals surface area contributed by atoms with Crippen molar-refractivity contribution in [3.63, 3.8) is 0 Å². The quantitative estimate of drug-likeness (QED) is 0.187. The molecular formula is C44H42N4O. The molecule has 4 aromatic carbocycles. The van der Waals surface area contributed by atoms with Crippen molar-refractivity contribution in [3.05, 3.63) is 173 Å². The first-order valence-electron chi connectivity index (χ1n) is 17.1. The summed E-state index contributed by atoms with van der Waals surface area (Å²) in [5.41, 5.74) is 10.9. The van der Waals surface area contributed by atoms with Crippen molar-refractivity contribution in [2.24, 2.45) is 0 Å². The van der Waals surface area contributed by atoms with Gasteiger partial charge in [-0.15, -0.1) is 0 Å². The average molecular weight is 643 g/mol. The summed E-state index contributed by atoms with van der Waals surface area (Å²) in [5.74, 6) is 1.28. The molecule has 0 spiro atoms. The Morgan fingerprint density at radius 1 is 0.653 bits per heavy atom. The van der Waals surface area contributed by atoms with E-state index in [0.717, 1.165) is 29.4 Å². The van der Waals surface area contributed by atoms with E-state index in [1.807, 2.05) is 30.6 Å². The van der Waals surface area contributed by atoms with Crippen LogP contribution < -0.4 is 14.5 Å². The lowest BCUT2D eigenvalue weighted by Crippen LogP contribution is -2.42. The van der Waals surface area contributed by atoms with Crippen LogP contribution in [0.1, 0.15) is 73.7 Å². The number of nitrogens with zero attached hydrogens (tertiary/aromatic N) is 4. The Balaban J connectivity index is 1.29. The third-order valence-corrected chi connectivity index (χ3v) is 10.5. The molecule has 0 unspecified atom stereocenters. The Kier molecular flexibility index (Phi) is 7.15. The molecule has 244 valence electrons. The molecule has 0 saturated carbocycles. The molecule has 6 aromatic rings. The van der Waals surface area contributed by atoms with Crippen LogP contribution in [0, 0.1) is 0 Å². The van der Waals surface area contributed by atoms with Gasteiger partial charge in [0.05, 0.1) is 29.2 Å². The van der Waals surface area contributed by atoms with Crippen molar-refractivity contribution in [2.75, 3.05) is 23.5 Å². The molecule has 0 atom stereocenters. The van der Waals surface area contributed by atoms with Gasteiger partial charge < -0.3 is 14.5 Å². The zero-order chi connectivity index (χ0) is 34.0.